The summed E-state index contributed by atoms with van der Waals surface area (Å²) in [6, 6.07) is 24.8. The van der Waals surface area contributed by atoms with E-state index >= 15 is 0 Å². The molecule has 28 heavy (non-hydrogen) atoms. The van der Waals surface area contributed by atoms with E-state index in [0.29, 0.717) is 5.56 Å². The molecule has 0 radical (unpaired) electrons. The molecule has 0 heterocycles. The molecule has 2 heteroatoms. The third-order valence-corrected chi connectivity index (χ3v) is 4.82. The molecule has 0 aromatic heterocycles. The summed E-state index contributed by atoms with van der Waals surface area (Å²) in [5.41, 5.74) is 6.61. The van der Waals surface area contributed by atoms with Crippen molar-refractivity contribution < 1.29 is 9.53 Å². The molecule has 0 bridgehead atoms. The van der Waals surface area contributed by atoms with Crippen molar-refractivity contribution >= 4 is 18.1 Å². The lowest BCUT2D eigenvalue weighted by atomic mass is 10.0. The van der Waals surface area contributed by atoms with E-state index in [4.69, 9.17) is 4.74 Å². The van der Waals surface area contributed by atoms with Crippen molar-refractivity contribution in [1.29, 1.82) is 0 Å². The molecule has 0 atom stereocenters. The first-order valence-corrected chi connectivity index (χ1v) is 9.75. The van der Waals surface area contributed by atoms with Crippen LogP contribution >= 0.6 is 0 Å². The van der Waals surface area contributed by atoms with Crippen molar-refractivity contribution in [2.75, 3.05) is 7.11 Å². The molecular weight excluding hydrogens is 344 g/mol. The number of hydrogen-bond donors (Lipinski definition) is 0. The molecule has 2 nitrogen and oxygen atoms in total. The number of carbonyl (C=O) groups excluding carboxylic acids is 1. The minimum absolute atomic E-state index is 0.315. The maximum Gasteiger partial charge on any atom is 0.337 e. The topological polar surface area (TPSA) is 26.3 Å². The molecule has 0 unspecified atom stereocenters. The minimum Gasteiger partial charge on any atom is -0.465 e. The van der Waals surface area contributed by atoms with Crippen molar-refractivity contribution in [3.05, 3.63) is 95.1 Å². The Morgan fingerprint density at radius 1 is 0.786 bits per heavy atom. The molecule has 0 amide bonds. The highest BCUT2D eigenvalue weighted by Gasteiger charge is 2.03. The van der Waals surface area contributed by atoms with Crippen LogP contribution in [0.1, 0.15) is 46.8 Å². The van der Waals surface area contributed by atoms with E-state index in [1.54, 1.807) is 12.1 Å². The van der Waals surface area contributed by atoms with Crippen molar-refractivity contribution in [2.45, 2.75) is 26.2 Å². The standard InChI is InChI=1S/C26H26O2/c1-3-4-5-20-8-14-23(15-9-20)24-16-10-21(11-17-24)6-7-22-12-18-25(19-13-22)26(27)28-2/h6-19H,3-5H2,1-2H3/b7-6+. The predicted molar refractivity (Wildman–Crippen MR) is 117 cm³/mol. The Labute approximate surface area is 167 Å². The predicted octanol–water partition coefficient (Wildman–Crippen LogP) is 6.65. The Bertz CT molecular complexity index is 918. The largest absolute Gasteiger partial charge is 0.465 e. The molecule has 3 aromatic carbocycles. The average Bonchev–Trinajstić information content (AvgIpc) is 2.77. The van der Waals surface area contributed by atoms with Crippen LogP contribution in [0.2, 0.25) is 0 Å². The quantitative estimate of drug-likeness (QED) is 0.344. The van der Waals surface area contributed by atoms with Crippen molar-refractivity contribution in [2.24, 2.45) is 0 Å². The Hall–Kier alpha value is -3.13. The summed E-state index contributed by atoms with van der Waals surface area (Å²) < 4.78 is 4.72. The fraction of sp³-hybridized carbons (Fsp3) is 0.192. The molecule has 0 saturated carbocycles. The maximum atomic E-state index is 11.5. The molecule has 0 spiro atoms. The van der Waals surface area contributed by atoms with Gasteiger partial charge in [0.1, 0.15) is 0 Å². The van der Waals surface area contributed by atoms with Gasteiger partial charge in [0.25, 0.3) is 0 Å². The van der Waals surface area contributed by atoms with Gasteiger partial charge in [0, 0.05) is 0 Å². The van der Waals surface area contributed by atoms with Gasteiger partial charge < -0.3 is 4.74 Å². The minimum atomic E-state index is -0.315. The van der Waals surface area contributed by atoms with Crippen LogP contribution in [-0.4, -0.2) is 13.1 Å². The third kappa shape index (κ3) is 5.20. The summed E-state index contributed by atoms with van der Waals surface area (Å²) in [7, 11) is 1.39. The molecule has 0 aliphatic heterocycles. The van der Waals surface area contributed by atoms with Crippen LogP contribution < -0.4 is 0 Å². The second kappa shape index (κ2) is 9.70. The van der Waals surface area contributed by atoms with Crippen LogP contribution in [0.15, 0.2) is 72.8 Å². The third-order valence-electron chi connectivity index (χ3n) is 4.82. The molecule has 0 aliphatic rings. The van der Waals surface area contributed by atoms with Crippen LogP contribution in [0, 0.1) is 0 Å². The van der Waals surface area contributed by atoms with Gasteiger partial charge in [-0.2, -0.15) is 0 Å². The molecule has 3 rings (SSSR count). The normalized spacial score (nSPS) is 10.9. The second-order valence-corrected chi connectivity index (χ2v) is 6.87. The van der Waals surface area contributed by atoms with E-state index in [1.165, 1.54) is 36.6 Å². The zero-order valence-electron chi connectivity index (χ0n) is 16.5. The Morgan fingerprint density at radius 2 is 1.29 bits per heavy atom. The number of unbranched alkanes of at least 4 members (excludes halogenated alkanes) is 1. The average molecular weight is 370 g/mol. The summed E-state index contributed by atoms with van der Waals surface area (Å²) in [5, 5.41) is 0. The van der Waals surface area contributed by atoms with Gasteiger partial charge in [0.05, 0.1) is 12.7 Å². The van der Waals surface area contributed by atoms with Gasteiger partial charge in [0.2, 0.25) is 0 Å². The summed E-state index contributed by atoms with van der Waals surface area (Å²) in [4.78, 5) is 11.5. The van der Waals surface area contributed by atoms with Crippen molar-refractivity contribution in [1.82, 2.24) is 0 Å². The molecule has 0 aliphatic carbocycles. The van der Waals surface area contributed by atoms with E-state index in [2.05, 4.69) is 61.5 Å². The Kier molecular flexibility index (Phi) is 6.80. The van der Waals surface area contributed by atoms with Crippen molar-refractivity contribution in [3.63, 3.8) is 0 Å². The van der Waals surface area contributed by atoms with Gasteiger partial charge >= 0.3 is 5.97 Å². The zero-order chi connectivity index (χ0) is 19.8. The number of rotatable bonds is 7. The van der Waals surface area contributed by atoms with Gasteiger partial charge in [0.15, 0.2) is 0 Å². The molecule has 0 saturated heterocycles. The Balaban J connectivity index is 1.65. The van der Waals surface area contributed by atoms with Gasteiger partial charge in [-0.25, -0.2) is 4.79 Å². The Morgan fingerprint density at radius 3 is 1.79 bits per heavy atom. The highest BCUT2D eigenvalue weighted by atomic mass is 16.5. The number of esters is 1. The number of benzene rings is 3. The lowest BCUT2D eigenvalue weighted by Crippen LogP contribution is -2.00. The molecular formula is C26H26O2. The van der Waals surface area contributed by atoms with E-state index < -0.39 is 0 Å². The van der Waals surface area contributed by atoms with Crippen LogP contribution in [0.4, 0.5) is 0 Å². The van der Waals surface area contributed by atoms with Gasteiger partial charge in [-0.1, -0.05) is 86.2 Å². The van der Waals surface area contributed by atoms with Crippen LogP contribution in [0.3, 0.4) is 0 Å². The van der Waals surface area contributed by atoms with E-state index in [1.807, 2.05) is 18.2 Å². The lowest BCUT2D eigenvalue weighted by molar-refractivity contribution is 0.0600. The van der Waals surface area contributed by atoms with Gasteiger partial charge in [-0.15, -0.1) is 0 Å². The maximum absolute atomic E-state index is 11.5. The molecule has 3 aromatic rings. The number of methoxy groups -OCH3 is 1. The first kappa shape index (κ1) is 19.6. The van der Waals surface area contributed by atoms with Crippen LogP contribution in [0.25, 0.3) is 23.3 Å². The highest BCUT2D eigenvalue weighted by molar-refractivity contribution is 5.89. The molecule has 142 valence electrons. The van der Waals surface area contributed by atoms with E-state index in [0.717, 1.165) is 17.5 Å². The summed E-state index contributed by atoms with van der Waals surface area (Å²) in [5.74, 6) is -0.315. The first-order valence-electron chi connectivity index (χ1n) is 9.75. The number of hydrogen-bond acceptors (Lipinski definition) is 2. The van der Waals surface area contributed by atoms with Gasteiger partial charge in [-0.05, 0) is 52.8 Å². The van der Waals surface area contributed by atoms with Gasteiger partial charge in [-0.3, -0.25) is 0 Å². The summed E-state index contributed by atoms with van der Waals surface area (Å²) >= 11 is 0. The smallest absolute Gasteiger partial charge is 0.337 e. The lowest BCUT2D eigenvalue weighted by Gasteiger charge is -2.05. The number of aryl methyl sites for hydroxylation is 1. The monoisotopic (exact) mass is 370 g/mol. The number of ether oxygens (including phenoxy) is 1. The molecule has 0 N–H and O–H groups in total. The molecule has 0 fully saturated rings. The SMILES string of the molecule is CCCCc1ccc(-c2ccc(/C=C/c3ccc(C(=O)OC)cc3)cc2)cc1. The summed E-state index contributed by atoms with van der Waals surface area (Å²) in [6.45, 7) is 2.22. The van der Waals surface area contributed by atoms with Crippen LogP contribution in [0.5, 0.6) is 0 Å². The first-order chi connectivity index (χ1) is 13.7. The summed E-state index contributed by atoms with van der Waals surface area (Å²) in [6.07, 6.45) is 7.74. The second-order valence-electron chi connectivity index (χ2n) is 6.87. The van der Waals surface area contributed by atoms with Crippen LogP contribution in [-0.2, 0) is 11.2 Å². The van der Waals surface area contributed by atoms with E-state index in [9.17, 15) is 4.79 Å². The van der Waals surface area contributed by atoms with E-state index in [-0.39, 0.29) is 5.97 Å². The van der Waals surface area contributed by atoms with Crippen molar-refractivity contribution in [3.8, 4) is 11.1 Å². The zero-order valence-corrected chi connectivity index (χ0v) is 16.5. The number of carbonyl (C=O) groups is 1. The highest BCUT2D eigenvalue weighted by Crippen LogP contribution is 2.22. The fourth-order valence-electron chi connectivity index (χ4n) is 3.07. The fourth-order valence-corrected chi connectivity index (χ4v) is 3.07.